The predicted octanol–water partition coefficient (Wildman–Crippen LogP) is 15.2. The number of nitriles is 2. The zero-order valence-corrected chi connectivity index (χ0v) is 37.1. The van der Waals surface area contributed by atoms with E-state index in [0.29, 0.717) is 73.5 Å². The van der Waals surface area contributed by atoms with Crippen LogP contribution in [0.1, 0.15) is 11.1 Å². The van der Waals surface area contributed by atoms with Gasteiger partial charge in [0.1, 0.15) is 0 Å². The van der Waals surface area contributed by atoms with Crippen LogP contribution in [0, 0.1) is 35.8 Å². The number of aromatic nitrogens is 5. The number of nitrogens with zero attached hydrogens (tertiary/aromatic N) is 9. The highest BCUT2D eigenvalue weighted by atomic mass is 15.0. The molecule has 12 rings (SSSR count). The molecule has 0 radical (unpaired) electrons. The van der Waals surface area contributed by atoms with Gasteiger partial charge in [-0.3, -0.25) is 0 Å². The lowest BCUT2D eigenvalue weighted by Gasteiger charge is -2.22. The van der Waals surface area contributed by atoms with Crippen LogP contribution in [-0.4, -0.2) is 24.1 Å². The van der Waals surface area contributed by atoms with E-state index in [0.717, 1.165) is 60.4 Å². The third-order valence-corrected chi connectivity index (χ3v) is 12.7. The molecule has 0 atom stereocenters. The van der Waals surface area contributed by atoms with E-state index in [4.69, 9.17) is 28.1 Å². The molecule has 0 unspecified atom stereocenters. The Labute approximate surface area is 402 Å². The van der Waals surface area contributed by atoms with Crippen molar-refractivity contribution in [1.29, 1.82) is 10.5 Å². The number of benzene rings is 9. The molecule has 3 heterocycles. The summed E-state index contributed by atoms with van der Waals surface area (Å²) in [7, 11) is 0. The highest BCUT2D eigenvalue weighted by Gasteiger charge is 2.26. The van der Waals surface area contributed by atoms with Crippen LogP contribution >= 0.6 is 0 Å². The van der Waals surface area contributed by atoms with E-state index in [2.05, 4.69) is 91.6 Å². The van der Waals surface area contributed by atoms with Gasteiger partial charge < -0.3 is 9.13 Å². The molecule has 9 heteroatoms. The van der Waals surface area contributed by atoms with Gasteiger partial charge in [-0.25, -0.2) is 24.6 Å². The van der Waals surface area contributed by atoms with E-state index in [1.54, 1.807) is 36.4 Å². The minimum atomic E-state index is 0.300. The molecule has 0 aliphatic carbocycles. The molecule has 70 heavy (non-hydrogen) atoms. The predicted molar refractivity (Wildman–Crippen MR) is 278 cm³/mol. The molecule has 0 saturated carbocycles. The van der Waals surface area contributed by atoms with E-state index < -0.39 is 0 Å². The summed E-state index contributed by atoms with van der Waals surface area (Å²) < 4.78 is 4.54. The summed E-state index contributed by atoms with van der Waals surface area (Å²) in [5, 5.41) is 25.1. The summed E-state index contributed by atoms with van der Waals surface area (Å²) in [4.78, 5) is 23.0. The average Bonchev–Trinajstić information content (AvgIpc) is 3.93. The van der Waals surface area contributed by atoms with E-state index >= 15 is 0 Å². The summed E-state index contributed by atoms with van der Waals surface area (Å²) in [6.45, 7) is 16.4. The summed E-state index contributed by atoms with van der Waals surface area (Å²) in [6.07, 6.45) is 0. The molecule has 0 aliphatic heterocycles. The number of rotatable bonds is 7. The third kappa shape index (κ3) is 6.88. The van der Waals surface area contributed by atoms with Crippen molar-refractivity contribution in [1.82, 2.24) is 24.1 Å². The Balaban J connectivity index is 1.27. The van der Waals surface area contributed by atoms with Gasteiger partial charge >= 0.3 is 0 Å². The van der Waals surface area contributed by atoms with E-state index in [1.165, 1.54) is 0 Å². The lowest BCUT2D eigenvalue weighted by atomic mass is 9.90. The van der Waals surface area contributed by atoms with Crippen molar-refractivity contribution in [2.24, 2.45) is 0 Å². The van der Waals surface area contributed by atoms with Gasteiger partial charge in [-0.05, 0) is 77.9 Å². The van der Waals surface area contributed by atoms with Crippen LogP contribution in [0.3, 0.4) is 0 Å². The maximum Gasteiger partial charge on any atom is 0.177 e. The van der Waals surface area contributed by atoms with Crippen molar-refractivity contribution in [3.05, 3.63) is 234 Å². The first-order valence-electron chi connectivity index (χ1n) is 22.4. The molecule has 0 spiro atoms. The monoisotopic (exact) mass is 891 g/mol. The van der Waals surface area contributed by atoms with Crippen LogP contribution < -0.4 is 0 Å². The minimum absolute atomic E-state index is 0.300. The van der Waals surface area contributed by atoms with Gasteiger partial charge in [0.2, 0.25) is 0 Å². The first kappa shape index (κ1) is 41.0. The molecule has 0 fully saturated rings. The van der Waals surface area contributed by atoms with Gasteiger partial charge in [0.05, 0.1) is 64.2 Å². The Morgan fingerprint density at radius 1 is 0.371 bits per heavy atom. The molecule has 0 saturated heterocycles. The van der Waals surface area contributed by atoms with Gasteiger partial charge in [0, 0.05) is 55.0 Å². The zero-order chi connectivity index (χ0) is 47.3. The van der Waals surface area contributed by atoms with E-state index in [9.17, 15) is 10.5 Å². The Morgan fingerprint density at radius 2 is 0.814 bits per heavy atom. The maximum absolute atomic E-state index is 10.5. The largest absolute Gasteiger partial charge is 0.309 e. The lowest BCUT2D eigenvalue weighted by molar-refractivity contribution is 1.07. The maximum atomic E-state index is 10.5. The quantitative estimate of drug-likeness (QED) is 0.148. The van der Waals surface area contributed by atoms with Gasteiger partial charge in [-0.1, -0.05) is 133 Å². The van der Waals surface area contributed by atoms with Crippen molar-refractivity contribution in [3.8, 4) is 79.9 Å². The molecule has 322 valence electrons. The smallest absolute Gasteiger partial charge is 0.177 e. The average molecular weight is 892 g/mol. The van der Waals surface area contributed by atoms with Crippen LogP contribution in [0.2, 0.25) is 0 Å². The fraction of sp³-hybridized carbons (Fsp3) is 0. The standard InChI is InChI=1S/C61H33N9/c1-64-45-29-43(30-46(33-45)65-2)51-32-44(61-67-59(40-16-6-3-7-17-40)66-60(68-61)41-18-8-4-9-19-41)31-50(42-27-38(36-62)26-39(28-42)37-63)58(51)70-55-25-15-13-23-49(55)53-34-52-48-22-12-14-24-54(48)69(56(52)35-57(53)70)47-20-10-5-11-21-47/h3-35H. The number of hydrogen-bond acceptors (Lipinski definition) is 5. The molecule has 0 aliphatic rings. The van der Waals surface area contributed by atoms with Gasteiger partial charge in [-0.2, -0.15) is 10.5 Å². The Morgan fingerprint density at radius 3 is 1.33 bits per heavy atom. The zero-order valence-electron chi connectivity index (χ0n) is 37.1. The molecule has 0 bridgehead atoms. The fourth-order valence-electron chi connectivity index (χ4n) is 9.70. The first-order chi connectivity index (χ1) is 34.5. The SMILES string of the molecule is [C-]#[N+]c1cc([N+]#[C-])cc(-c2cc(-c3nc(-c4ccccc4)nc(-c4ccccc4)n3)cc(-c3cc(C#N)cc(C#N)c3)c2-n2c3ccccc3c3cc4c5ccccc5n(-c5ccccc5)c4cc32)c1. The molecule has 12 aromatic rings. The van der Waals surface area contributed by atoms with Crippen LogP contribution in [-0.2, 0) is 0 Å². The Kier molecular flexibility index (Phi) is 9.82. The fourth-order valence-corrected chi connectivity index (χ4v) is 9.70. The highest BCUT2D eigenvalue weighted by molar-refractivity contribution is 6.20. The molecular formula is C61H33N9. The summed E-state index contributed by atoms with van der Waals surface area (Å²) in [5.74, 6) is 1.32. The van der Waals surface area contributed by atoms with Crippen molar-refractivity contribution >= 4 is 55.0 Å². The molecule has 0 amide bonds. The molecule has 3 aromatic heterocycles. The first-order valence-corrected chi connectivity index (χ1v) is 22.4. The highest BCUT2D eigenvalue weighted by Crippen LogP contribution is 2.47. The van der Waals surface area contributed by atoms with Crippen molar-refractivity contribution in [2.45, 2.75) is 0 Å². The van der Waals surface area contributed by atoms with Crippen LogP contribution in [0.4, 0.5) is 11.4 Å². The summed E-state index contributed by atoms with van der Waals surface area (Å²) in [5.41, 5.74) is 11.6. The van der Waals surface area contributed by atoms with E-state index in [-0.39, 0.29) is 0 Å². The minimum Gasteiger partial charge on any atom is -0.309 e. The lowest BCUT2D eigenvalue weighted by Crippen LogP contribution is -2.04. The van der Waals surface area contributed by atoms with E-state index in [1.807, 2.05) is 103 Å². The van der Waals surface area contributed by atoms with Crippen LogP contribution in [0.25, 0.3) is 121 Å². The van der Waals surface area contributed by atoms with Crippen molar-refractivity contribution in [3.63, 3.8) is 0 Å². The number of hydrogen-bond donors (Lipinski definition) is 0. The normalized spacial score (nSPS) is 11.1. The third-order valence-electron chi connectivity index (χ3n) is 12.7. The van der Waals surface area contributed by atoms with Crippen molar-refractivity contribution in [2.75, 3.05) is 0 Å². The molecule has 9 aromatic carbocycles. The second-order valence-corrected chi connectivity index (χ2v) is 16.9. The summed E-state index contributed by atoms with van der Waals surface area (Å²) >= 11 is 0. The van der Waals surface area contributed by atoms with Crippen LogP contribution in [0.5, 0.6) is 0 Å². The number of fused-ring (bicyclic) bond motifs is 6. The van der Waals surface area contributed by atoms with Gasteiger partial charge in [-0.15, -0.1) is 0 Å². The second kappa shape index (κ2) is 16.8. The molecular weight excluding hydrogens is 859 g/mol. The van der Waals surface area contributed by atoms with Gasteiger partial charge in [0.15, 0.2) is 28.8 Å². The molecule has 9 nitrogen and oxygen atoms in total. The Bertz CT molecular complexity index is 4060. The topological polar surface area (TPSA) is 105 Å². The second-order valence-electron chi connectivity index (χ2n) is 16.9. The summed E-state index contributed by atoms with van der Waals surface area (Å²) in [6, 6.07) is 70.1. The number of para-hydroxylation sites is 3. The van der Waals surface area contributed by atoms with Crippen LogP contribution in [0.15, 0.2) is 200 Å². The van der Waals surface area contributed by atoms with Gasteiger partial charge in [0.25, 0.3) is 0 Å². The Hall–Kier alpha value is -10.5. The molecule has 0 N–H and O–H groups in total. The van der Waals surface area contributed by atoms with Crippen molar-refractivity contribution < 1.29 is 0 Å².